The first-order valence-corrected chi connectivity index (χ1v) is 10.3. The van der Waals surface area contributed by atoms with Crippen LogP contribution in [0.3, 0.4) is 0 Å². The smallest absolute Gasteiger partial charge is 0.295 e. The van der Waals surface area contributed by atoms with Gasteiger partial charge in [0.1, 0.15) is 23.3 Å². The molecule has 31 heavy (non-hydrogen) atoms. The summed E-state index contributed by atoms with van der Waals surface area (Å²) in [6.45, 7) is 3.67. The molecule has 3 heterocycles. The Kier molecular flexibility index (Phi) is 6.31. The van der Waals surface area contributed by atoms with Crippen LogP contribution in [0.25, 0.3) is 5.76 Å². The number of hydrogen-bond donors (Lipinski definition) is 1. The average Bonchev–Trinajstić information content (AvgIpc) is 3.40. The Morgan fingerprint density at radius 1 is 1.23 bits per heavy atom. The van der Waals surface area contributed by atoms with Gasteiger partial charge in [0.15, 0.2) is 0 Å². The van der Waals surface area contributed by atoms with Crippen LogP contribution in [0.15, 0.2) is 46.6 Å². The molecule has 1 aromatic heterocycles. The number of aliphatic hydroxyl groups excluding tert-OH is 1. The number of methoxy groups -OCH3 is 1. The number of benzene rings is 1. The molecule has 2 aliphatic heterocycles. The Labute approximate surface area is 184 Å². The molecule has 1 aromatic carbocycles. The molecule has 4 rings (SSSR count). The third-order valence-corrected chi connectivity index (χ3v) is 5.77. The van der Waals surface area contributed by atoms with Crippen molar-refractivity contribution >= 4 is 29.1 Å². The number of hydrogen-bond acceptors (Lipinski definition) is 7. The molecule has 2 aliphatic rings. The summed E-state index contributed by atoms with van der Waals surface area (Å²) in [5.41, 5.74) is 0.181. The standard InChI is InChI=1S/C22H23ClN2O6/c1-29-16-5-4-14(23)13-15(16)20(26)18-19(17-3-2-10-31-17)25(22(28)21(18)27)7-6-24-8-11-30-12-9-24/h2-5,10,13,19,26H,6-9,11-12H2,1H3/b20-18+/t19-/m1/s1. The molecule has 1 amide bonds. The second kappa shape index (κ2) is 9.13. The molecule has 1 N–H and O–H groups in total. The lowest BCUT2D eigenvalue weighted by Crippen LogP contribution is -2.42. The fourth-order valence-electron chi connectivity index (χ4n) is 3.94. The minimum atomic E-state index is -0.847. The van der Waals surface area contributed by atoms with Gasteiger partial charge in [-0.05, 0) is 30.3 Å². The molecular weight excluding hydrogens is 424 g/mol. The molecule has 0 radical (unpaired) electrons. The molecule has 0 aliphatic carbocycles. The highest BCUT2D eigenvalue weighted by atomic mass is 35.5. The lowest BCUT2D eigenvalue weighted by Gasteiger charge is -2.30. The first-order valence-electron chi connectivity index (χ1n) is 9.97. The summed E-state index contributed by atoms with van der Waals surface area (Å²) in [5, 5.41) is 11.5. The number of Topliss-reactive ketones (excluding diaryl/α,β-unsaturated/α-hetero) is 1. The van der Waals surface area contributed by atoms with Crippen LogP contribution in [0.2, 0.25) is 5.02 Å². The first-order chi connectivity index (χ1) is 15.0. The zero-order chi connectivity index (χ0) is 22.0. The largest absolute Gasteiger partial charge is 0.507 e. The molecule has 0 bridgehead atoms. The van der Waals surface area contributed by atoms with Crippen molar-refractivity contribution in [3.8, 4) is 5.75 Å². The molecular formula is C22H23ClN2O6. The van der Waals surface area contributed by atoms with Gasteiger partial charge < -0.3 is 23.9 Å². The van der Waals surface area contributed by atoms with E-state index in [0.29, 0.717) is 42.8 Å². The van der Waals surface area contributed by atoms with E-state index < -0.39 is 17.7 Å². The van der Waals surface area contributed by atoms with Gasteiger partial charge >= 0.3 is 0 Å². The predicted molar refractivity (Wildman–Crippen MR) is 113 cm³/mol. The number of carbonyl (C=O) groups excluding carboxylic acids is 2. The highest BCUT2D eigenvalue weighted by molar-refractivity contribution is 6.46. The summed E-state index contributed by atoms with van der Waals surface area (Å²) in [7, 11) is 1.45. The normalized spacial score (nSPS) is 21.6. The number of rotatable bonds is 6. The van der Waals surface area contributed by atoms with Gasteiger partial charge in [0.2, 0.25) is 0 Å². The number of ketones is 1. The maximum Gasteiger partial charge on any atom is 0.295 e. The average molecular weight is 447 g/mol. The summed E-state index contributed by atoms with van der Waals surface area (Å²) < 4.78 is 16.2. The van der Waals surface area contributed by atoms with Crippen molar-refractivity contribution < 1.29 is 28.6 Å². The van der Waals surface area contributed by atoms with Gasteiger partial charge in [-0.25, -0.2) is 0 Å². The molecule has 0 unspecified atom stereocenters. The fraction of sp³-hybridized carbons (Fsp3) is 0.364. The second-order valence-electron chi connectivity index (χ2n) is 7.31. The van der Waals surface area contributed by atoms with Gasteiger partial charge in [-0.3, -0.25) is 14.5 Å². The van der Waals surface area contributed by atoms with E-state index in [1.54, 1.807) is 24.3 Å². The van der Waals surface area contributed by atoms with Gasteiger partial charge in [0.25, 0.3) is 11.7 Å². The van der Waals surface area contributed by atoms with E-state index in [1.807, 2.05) is 0 Å². The molecule has 0 saturated carbocycles. The summed E-state index contributed by atoms with van der Waals surface area (Å²) in [6.07, 6.45) is 1.47. The number of likely N-dealkylation sites (tertiary alicyclic amines) is 1. The number of morpholine rings is 1. The number of halogens is 1. The monoisotopic (exact) mass is 446 g/mol. The topological polar surface area (TPSA) is 92.5 Å². The number of furan rings is 1. The lowest BCUT2D eigenvalue weighted by atomic mass is 9.99. The van der Waals surface area contributed by atoms with Gasteiger partial charge in [-0.15, -0.1) is 0 Å². The van der Waals surface area contributed by atoms with Crippen LogP contribution in [-0.2, 0) is 14.3 Å². The Morgan fingerprint density at radius 2 is 2.00 bits per heavy atom. The van der Waals surface area contributed by atoms with Crippen molar-refractivity contribution in [3.05, 3.63) is 58.5 Å². The summed E-state index contributed by atoms with van der Waals surface area (Å²) in [5.74, 6) is -1.09. The number of ether oxygens (including phenoxy) is 2. The van der Waals surface area contributed by atoms with Crippen LogP contribution < -0.4 is 4.74 Å². The van der Waals surface area contributed by atoms with Crippen LogP contribution in [0, 0.1) is 0 Å². The van der Waals surface area contributed by atoms with Crippen molar-refractivity contribution in [3.63, 3.8) is 0 Å². The van der Waals surface area contributed by atoms with E-state index in [2.05, 4.69) is 4.90 Å². The maximum absolute atomic E-state index is 13.0. The Bertz CT molecular complexity index is 997. The summed E-state index contributed by atoms with van der Waals surface area (Å²) >= 11 is 6.10. The van der Waals surface area contributed by atoms with Gasteiger partial charge in [-0.1, -0.05) is 11.6 Å². The molecule has 2 saturated heterocycles. The molecule has 2 fully saturated rings. The van der Waals surface area contributed by atoms with Crippen LogP contribution in [-0.4, -0.2) is 73.1 Å². The zero-order valence-corrected chi connectivity index (χ0v) is 17.8. The van der Waals surface area contributed by atoms with Crippen molar-refractivity contribution in [2.75, 3.05) is 46.5 Å². The maximum atomic E-state index is 13.0. The van der Waals surface area contributed by atoms with Crippen LogP contribution in [0.1, 0.15) is 17.4 Å². The Morgan fingerprint density at radius 3 is 2.68 bits per heavy atom. The SMILES string of the molecule is COc1ccc(Cl)cc1/C(O)=C1\C(=O)C(=O)N(CCN2CCOCC2)[C@@H]1c1ccco1. The van der Waals surface area contributed by atoms with E-state index in [0.717, 1.165) is 13.1 Å². The zero-order valence-electron chi connectivity index (χ0n) is 17.0. The van der Waals surface area contributed by atoms with Gasteiger partial charge in [0.05, 0.1) is 37.7 Å². The van der Waals surface area contributed by atoms with E-state index in [4.69, 9.17) is 25.5 Å². The molecule has 9 heteroatoms. The molecule has 1 atom stereocenters. The van der Waals surface area contributed by atoms with Gasteiger partial charge in [0, 0.05) is 31.2 Å². The molecule has 164 valence electrons. The van der Waals surface area contributed by atoms with E-state index >= 15 is 0 Å². The van der Waals surface area contributed by atoms with Crippen molar-refractivity contribution in [1.82, 2.24) is 9.80 Å². The van der Waals surface area contributed by atoms with E-state index in [9.17, 15) is 14.7 Å². The van der Waals surface area contributed by atoms with Crippen molar-refractivity contribution in [2.45, 2.75) is 6.04 Å². The number of amides is 1. The van der Waals surface area contributed by atoms with Gasteiger partial charge in [-0.2, -0.15) is 0 Å². The van der Waals surface area contributed by atoms with E-state index in [1.165, 1.54) is 24.3 Å². The third-order valence-electron chi connectivity index (χ3n) is 5.53. The third kappa shape index (κ3) is 4.19. The molecule has 2 aromatic rings. The second-order valence-corrected chi connectivity index (χ2v) is 7.74. The van der Waals surface area contributed by atoms with Crippen LogP contribution in [0.4, 0.5) is 0 Å². The van der Waals surface area contributed by atoms with Crippen LogP contribution in [0.5, 0.6) is 5.75 Å². The summed E-state index contributed by atoms with van der Waals surface area (Å²) in [6, 6.07) is 7.21. The summed E-state index contributed by atoms with van der Waals surface area (Å²) in [4.78, 5) is 29.6. The van der Waals surface area contributed by atoms with Crippen LogP contribution >= 0.6 is 11.6 Å². The number of carbonyl (C=O) groups is 2. The Balaban J connectivity index is 1.74. The van der Waals surface area contributed by atoms with E-state index in [-0.39, 0.29) is 16.9 Å². The minimum Gasteiger partial charge on any atom is -0.507 e. The molecule has 0 spiro atoms. The lowest BCUT2D eigenvalue weighted by molar-refractivity contribution is -0.140. The first kappa shape index (κ1) is 21.4. The molecule has 8 nitrogen and oxygen atoms in total. The van der Waals surface area contributed by atoms with Crippen molar-refractivity contribution in [1.29, 1.82) is 0 Å². The highest BCUT2D eigenvalue weighted by Gasteiger charge is 2.47. The minimum absolute atomic E-state index is 0.0532. The quantitative estimate of drug-likeness (QED) is 0.414. The number of nitrogens with zero attached hydrogens (tertiary/aromatic N) is 2. The highest BCUT2D eigenvalue weighted by Crippen LogP contribution is 2.41. The number of aliphatic hydroxyl groups is 1. The van der Waals surface area contributed by atoms with Crippen molar-refractivity contribution in [2.24, 2.45) is 0 Å². The fourth-order valence-corrected chi connectivity index (χ4v) is 4.11. The predicted octanol–water partition coefficient (Wildman–Crippen LogP) is 2.70. The Hall–Kier alpha value is -2.81.